The molecule has 1 amide bonds. The molecule has 0 unspecified atom stereocenters. The van der Waals surface area contributed by atoms with Crippen LogP contribution in [0.25, 0.3) is 0 Å². The van der Waals surface area contributed by atoms with E-state index in [0.717, 1.165) is 5.69 Å². The van der Waals surface area contributed by atoms with Crippen molar-refractivity contribution in [2.45, 2.75) is 20.8 Å². The smallest absolute Gasteiger partial charge is 0.338 e. The maximum absolute atomic E-state index is 12.1. The predicted molar refractivity (Wildman–Crippen MR) is 97.1 cm³/mol. The Hall–Kier alpha value is -2.89. The van der Waals surface area contributed by atoms with Crippen molar-refractivity contribution in [2.75, 3.05) is 18.5 Å². The number of hydrogen-bond donors (Lipinski definition) is 2. The molecule has 0 spiro atoms. The van der Waals surface area contributed by atoms with Crippen LogP contribution in [0.1, 0.15) is 41.5 Å². The van der Waals surface area contributed by atoms with Crippen molar-refractivity contribution < 1.29 is 14.3 Å². The average molecular weight is 341 g/mol. The van der Waals surface area contributed by atoms with E-state index >= 15 is 0 Å². The third kappa shape index (κ3) is 5.60. The topological polar surface area (TPSA) is 80.3 Å². The highest BCUT2D eigenvalue weighted by Crippen LogP contribution is 2.17. The van der Waals surface area contributed by atoms with Crippen LogP contribution in [0.15, 0.2) is 42.6 Å². The first-order chi connectivity index (χ1) is 12.0. The van der Waals surface area contributed by atoms with Gasteiger partial charge in [0.05, 0.1) is 12.2 Å². The molecule has 1 aromatic carbocycles. The van der Waals surface area contributed by atoms with Gasteiger partial charge in [0.15, 0.2) is 0 Å². The lowest BCUT2D eigenvalue weighted by Crippen LogP contribution is -2.27. The number of amides is 1. The van der Waals surface area contributed by atoms with E-state index in [-0.39, 0.29) is 11.9 Å². The Morgan fingerprint density at radius 2 is 1.84 bits per heavy atom. The number of pyridine rings is 1. The highest BCUT2D eigenvalue weighted by Gasteiger charge is 2.09. The van der Waals surface area contributed by atoms with Gasteiger partial charge in [0, 0.05) is 24.0 Å². The highest BCUT2D eigenvalue weighted by atomic mass is 16.5. The van der Waals surface area contributed by atoms with Crippen LogP contribution >= 0.6 is 0 Å². The second kappa shape index (κ2) is 8.82. The van der Waals surface area contributed by atoms with Gasteiger partial charge in [-0.05, 0) is 49.2 Å². The minimum Gasteiger partial charge on any atom is -0.462 e. The van der Waals surface area contributed by atoms with Crippen LogP contribution in [0.4, 0.5) is 11.5 Å². The monoisotopic (exact) mass is 341 g/mol. The zero-order valence-electron chi connectivity index (χ0n) is 14.7. The van der Waals surface area contributed by atoms with E-state index in [4.69, 9.17) is 4.74 Å². The van der Waals surface area contributed by atoms with Crippen LogP contribution in [0.5, 0.6) is 0 Å². The molecular weight excluding hydrogens is 318 g/mol. The number of carbonyl (C=O) groups excluding carboxylic acids is 2. The fraction of sp³-hybridized carbons (Fsp3) is 0.316. The number of aromatic nitrogens is 1. The summed E-state index contributed by atoms with van der Waals surface area (Å²) >= 11 is 0. The van der Waals surface area contributed by atoms with Crippen LogP contribution in [-0.4, -0.2) is 30.0 Å². The molecule has 0 aliphatic rings. The van der Waals surface area contributed by atoms with E-state index in [0.29, 0.717) is 36.0 Å². The minimum absolute atomic E-state index is 0.128. The van der Waals surface area contributed by atoms with Gasteiger partial charge < -0.3 is 15.4 Å². The Bertz CT molecular complexity index is 727. The van der Waals surface area contributed by atoms with Crippen LogP contribution < -0.4 is 10.6 Å². The van der Waals surface area contributed by atoms with Crippen molar-refractivity contribution in [2.24, 2.45) is 5.92 Å². The molecule has 0 aliphatic carbocycles. The van der Waals surface area contributed by atoms with Crippen molar-refractivity contribution >= 4 is 23.4 Å². The first kappa shape index (κ1) is 18.4. The van der Waals surface area contributed by atoms with E-state index in [1.54, 1.807) is 49.5 Å². The number of ether oxygens (including phenoxy) is 1. The maximum Gasteiger partial charge on any atom is 0.338 e. The van der Waals surface area contributed by atoms with Crippen molar-refractivity contribution in [3.8, 4) is 0 Å². The summed E-state index contributed by atoms with van der Waals surface area (Å²) in [5, 5.41) is 5.99. The molecule has 0 saturated heterocycles. The zero-order valence-corrected chi connectivity index (χ0v) is 14.7. The summed E-state index contributed by atoms with van der Waals surface area (Å²) in [6.07, 6.45) is 1.58. The molecule has 2 rings (SSSR count). The van der Waals surface area contributed by atoms with Gasteiger partial charge in [-0.1, -0.05) is 13.8 Å². The molecule has 0 saturated carbocycles. The molecule has 2 N–H and O–H groups in total. The van der Waals surface area contributed by atoms with E-state index in [1.807, 2.05) is 13.8 Å². The lowest BCUT2D eigenvalue weighted by atomic mass is 10.2. The van der Waals surface area contributed by atoms with E-state index < -0.39 is 0 Å². The van der Waals surface area contributed by atoms with Gasteiger partial charge in [-0.15, -0.1) is 0 Å². The van der Waals surface area contributed by atoms with Crippen molar-refractivity contribution in [3.63, 3.8) is 0 Å². The number of rotatable bonds is 7. The Labute approximate surface area is 147 Å². The second-order valence-electron chi connectivity index (χ2n) is 5.96. The summed E-state index contributed by atoms with van der Waals surface area (Å²) in [5.41, 5.74) is 1.80. The van der Waals surface area contributed by atoms with Gasteiger partial charge in [0.25, 0.3) is 5.91 Å². The third-order valence-electron chi connectivity index (χ3n) is 3.36. The van der Waals surface area contributed by atoms with E-state index in [2.05, 4.69) is 15.6 Å². The van der Waals surface area contributed by atoms with Gasteiger partial charge in [0.2, 0.25) is 0 Å². The average Bonchev–Trinajstić information content (AvgIpc) is 2.60. The second-order valence-corrected chi connectivity index (χ2v) is 5.96. The molecule has 0 aliphatic heterocycles. The van der Waals surface area contributed by atoms with Gasteiger partial charge in [-0.2, -0.15) is 0 Å². The molecule has 1 heterocycles. The molecule has 6 nitrogen and oxygen atoms in total. The Balaban J connectivity index is 2.04. The zero-order chi connectivity index (χ0) is 18.2. The number of anilines is 2. The number of carbonyl (C=O) groups is 2. The van der Waals surface area contributed by atoms with Gasteiger partial charge in [0.1, 0.15) is 5.82 Å². The lowest BCUT2D eigenvalue weighted by molar-refractivity contribution is 0.0526. The number of hydrogen-bond acceptors (Lipinski definition) is 5. The van der Waals surface area contributed by atoms with Crippen LogP contribution in [-0.2, 0) is 4.74 Å². The molecule has 0 fully saturated rings. The highest BCUT2D eigenvalue weighted by molar-refractivity contribution is 5.95. The summed E-state index contributed by atoms with van der Waals surface area (Å²) in [7, 11) is 0. The van der Waals surface area contributed by atoms with Crippen molar-refractivity contribution in [1.29, 1.82) is 0 Å². The van der Waals surface area contributed by atoms with Crippen LogP contribution in [0.2, 0.25) is 0 Å². The van der Waals surface area contributed by atoms with Crippen molar-refractivity contribution in [3.05, 3.63) is 53.7 Å². The van der Waals surface area contributed by atoms with Crippen LogP contribution in [0.3, 0.4) is 0 Å². The first-order valence-corrected chi connectivity index (χ1v) is 8.28. The molecule has 0 radical (unpaired) electrons. The fourth-order valence-electron chi connectivity index (χ4n) is 2.09. The molecule has 132 valence electrons. The molecule has 6 heteroatoms. The third-order valence-corrected chi connectivity index (χ3v) is 3.36. The summed E-state index contributed by atoms with van der Waals surface area (Å²) in [4.78, 5) is 28.0. The number of benzene rings is 1. The molecule has 2 aromatic rings. The summed E-state index contributed by atoms with van der Waals surface area (Å²) < 4.78 is 4.95. The van der Waals surface area contributed by atoms with Crippen molar-refractivity contribution in [1.82, 2.24) is 10.3 Å². The SMILES string of the molecule is CCOC(=O)c1ccc(Nc2cc(C(=O)NCC(C)C)ccn2)cc1. The molecule has 1 aromatic heterocycles. The molecule has 0 bridgehead atoms. The molecule has 0 atom stereocenters. The summed E-state index contributed by atoms with van der Waals surface area (Å²) in [6, 6.07) is 10.2. The maximum atomic E-state index is 12.1. The summed E-state index contributed by atoms with van der Waals surface area (Å²) in [6.45, 7) is 6.82. The Morgan fingerprint density at radius 3 is 2.48 bits per heavy atom. The largest absolute Gasteiger partial charge is 0.462 e. The fourth-order valence-corrected chi connectivity index (χ4v) is 2.09. The Kier molecular flexibility index (Phi) is 6.51. The first-order valence-electron chi connectivity index (χ1n) is 8.28. The van der Waals surface area contributed by atoms with Gasteiger partial charge >= 0.3 is 5.97 Å². The quantitative estimate of drug-likeness (QED) is 0.755. The summed E-state index contributed by atoms with van der Waals surface area (Å²) in [5.74, 6) is 0.468. The van der Waals surface area contributed by atoms with Crippen LogP contribution in [0, 0.1) is 5.92 Å². The predicted octanol–water partition coefficient (Wildman–Crippen LogP) is 3.39. The number of esters is 1. The molecule has 25 heavy (non-hydrogen) atoms. The molecular formula is C19H23N3O3. The standard InChI is InChI=1S/C19H23N3O3/c1-4-25-19(24)14-5-7-16(8-6-14)22-17-11-15(9-10-20-17)18(23)21-12-13(2)3/h5-11,13H,4,12H2,1-3H3,(H,20,22)(H,21,23). The van der Waals surface area contributed by atoms with Gasteiger partial charge in [-0.25, -0.2) is 9.78 Å². The normalized spacial score (nSPS) is 10.4. The number of nitrogens with zero attached hydrogens (tertiary/aromatic N) is 1. The lowest BCUT2D eigenvalue weighted by Gasteiger charge is -2.10. The van der Waals surface area contributed by atoms with E-state index in [9.17, 15) is 9.59 Å². The number of nitrogens with one attached hydrogen (secondary N) is 2. The minimum atomic E-state index is -0.351. The van der Waals surface area contributed by atoms with E-state index in [1.165, 1.54) is 0 Å². The van der Waals surface area contributed by atoms with Gasteiger partial charge in [-0.3, -0.25) is 4.79 Å². The Morgan fingerprint density at radius 1 is 1.12 bits per heavy atom.